The second-order valence-electron chi connectivity index (χ2n) is 3.66. The summed E-state index contributed by atoms with van der Waals surface area (Å²) in [5.41, 5.74) is 0. The summed E-state index contributed by atoms with van der Waals surface area (Å²) in [7, 11) is 0. The first-order valence-corrected chi connectivity index (χ1v) is 5.94. The van der Waals surface area contributed by atoms with E-state index in [0.29, 0.717) is 0 Å². The molecular formula is C12H22ClO4V. The first kappa shape index (κ1) is 26.4. The molecule has 0 aromatic carbocycles. The Kier molecular flexibility index (Phi) is 32.3. The molecular weight excluding hydrogens is 295 g/mol. The van der Waals surface area contributed by atoms with Crippen molar-refractivity contribution in [1.82, 2.24) is 0 Å². The van der Waals surface area contributed by atoms with Gasteiger partial charge in [0, 0.05) is 11.9 Å². The minimum absolute atomic E-state index is 0. The maximum absolute atomic E-state index is 9.76. The minimum Gasteiger partial charge on any atom is -1.00 e. The average Bonchev–Trinajstić information content (AvgIpc) is 2.18. The van der Waals surface area contributed by atoms with Crippen molar-refractivity contribution < 1.29 is 50.8 Å². The van der Waals surface area contributed by atoms with Crippen LogP contribution in [0.4, 0.5) is 0 Å². The molecule has 0 saturated carbocycles. The smallest absolute Gasteiger partial charge is 1.00 e. The van der Waals surface area contributed by atoms with Crippen molar-refractivity contribution in [3.05, 3.63) is 0 Å². The predicted octanol–water partition coefficient (Wildman–Crippen LogP) is -2.37. The van der Waals surface area contributed by atoms with E-state index < -0.39 is 11.9 Å². The summed E-state index contributed by atoms with van der Waals surface area (Å²) >= 11 is 0. The summed E-state index contributed by atoms with van der Waals surface area (Å²) in [4.78, 5) is 19.5. The molecule has 18 heavy (non-hydrogen) atoms. The summed E-state index contributed by atoms with van der Waals surface area (Å²) in [5, 5.41) is 19.5. The SMILES string of the molecule is CCCCCC(=O)[O-].CCCCCC(=O)[O-].[Cl-].[V+3]. The molecule has 0 aliphatic heterocycles. The fourth-order valence-electron chi connectivity index (χ4n) is 1.04. The van der Waals surface area contributed by atoms with Gasteiger partial charge in [-0.15, -0.1) is 0 Å². The van der Waals surface area contributed by atoms with E-state index in [1.807, 2.05) is 13.8 Å². The van der Waals surface area contributed by atoms with Gasteiger partial charge in [0.05, 0.1) is 0 Å². The number of carboxylic acids is 2. The van der Waals surface area contributed by atoms with E-state index in [4.69, 9.17) is 0 Å². The van der Waals surface area contributed by atoms with Crippen molar-refractivity contribution in [2.24, 2.45) is 0 Å². The second kappa shape index (κ2) is 22.0. The number of carbonyl (C=O) groups excluding carboxylic acids is 2. The van der Waals surface area contributed by atoms with Crippen molar-refractivity contribution in [3.8, 4) is 0 Å². The topological polar surface area (TPSA) is 80.3 Å². The molecule has 106 valence electrons. The molecule has 0 radical (unpaired) electrons. The quantitative estimate of drug-likeness (QED) is 0.469. The number of halogens is 1. The summed E-state index contributed by atoms with van der Waals surface area (Å²) in [6.45, 7) is 4.07. The maximum atomic E-state index is 9.76. The van der Waals surface area contributed by atoms with Gasteiger partial charge >= 0.3 is 18.6 Å². The van der Waals surface area contributed by atoms with E-state index >= 15 is 0 Å². The Morgan fingerprint density at radius 2 is 1.06 bits per heavy atom. The Morgan fingerprint density at radius 1 is 0.778 bits per heavy atom. The number of carboxylic acid groups (broad SMARTS) is 2. The Bertz CT molecular complexity index is 169. The van der Waals surface area contributed by atoms with E-state index in [1.54, 1.807) is 0 Å². The molecule has 4 nitrogen and oxygen atoms in total. The van der Waals surface area contributed by atoms with Gasteiger partial charge in [-0.25, -0.2) is 0 Å². The van der Waals surface area contributed by atoms with Crippen LogP contribution in [0.3, 0.4) is 0 Å². The first-order valence-electron chi connectivity index (χ1n) is 5.94. The van der Waals surface area contributed by atoms with Crippen LogP contribution >= 0.6 is 0 Å². The Hall–Kier alpha value is -0.186. The van der Waals surface area contributed by atoms with Gasteiger partial charge in [-0.3, -0.25) is 0 Å². The van der Waals surface area contributed by atoms with E-state index in [9.17, 15) is 19.8 Å². The molecule has 0 aromatic heterocycles. The molecule has 0 N–H and O–H groups in total. The number of hydrogen-bond acceptors (Lipinski definition) is 4. The van der Waals surface area contributed by atoms with Crippen molar-refractivity contribution >= 4 is 11.9 Å². The van der Waals surface area contributed by atoms with Crippen LogP contribution in [-0.4, -0.2) is 11.9 Å². The molecule has 0 aliphatic rings. The number of carbonyl (C=O) groups is 2. The molecule has 0 unspecified atom stereocenters. The molecule has 0 atom stereocenters. The second-order valence-corrected chi connectivity index (χ2v) is 3.66. The van der Waals surface area contributed by atoms with E-state index in [0.717, 1.165) is 38.5 Å². The first-order chi connectivity index (χ1) is 7.54. The van der Waals surface area contributed by atoms with Gasteiger partial charge in [-0.1, -0.05) is 39.5 Å². The fourth-order valence-corrected chi connectivity index (χ4v) is 1.04. The molecule has 0 aromatic rings. The van der Waals surface area contributed by atoms with Gasteiger partial charge in [0.2, 0.25) is 0 Å². The number of rotatable bonds is 8. The molecule has 0 bridgehead atoms. The van der Waals surface area contributed by atoms with Crippen molar-refractivity contribution in [1.29, 1.82) is 0 Å². The normalized spacial score (nSPS) is 8.11. The van der Waals surface area contributed by atoms with Gasteiger partial charge in [0.1, 0.15) is 0 Å². The van der Waals surface area contributed by atoms with Crippen molar-refractivity contribution in [2.75, 3.05) is 0 Å². The summed E-state index contributed by atoms with van der Waals surface area (Å²) in [5.74, 6) is -1.86. The Morgan fingerprint density at radius 3 is 1.22 bits per heavy atom. The van der Waals surface area contributed by atoms with Crippen LogP contribution in [0, 0.1) is 0 Å². The third-order valence-electron chi connectivity index (χ3n) is 1.97. The predicted molar refractivity (Wildman–Crippen MR) is 58.3 cm³/mol. The molecule has 0 heterocycles. The van der Waals surface area contributed by atoms with Crippen molar-refractivity contribution in [3.63, 3.8) is 0 Å². The molecule has 0 amide bonds. The number of unbranched alkanes of at least 4 members (excludes halogenated alkanes) is 4. The van der Waals surface area contributed by atoms with Crippen LogP contribution in [0.2, 0.25) is 0 Å². The fraction of sp³-hybridized carbons (Fsp3) is 0.833. The Balaban J connectivity index is -0.0000000980. The van der Waals surface area contributed by atoms with Gasteiger partial charge in [-0.2, -0.15) is 0 Å². The number of aliphatic carboxylic acids is 2. The monoisotopic (exact) mass is 316 g/mol. The molecule has 0 spiro atoms. The molecule has 0 fully saturated rings. The van der Waals surface area contributed by atoms with E-state index in [1.165, 1.54) is 0 Å². The summed E-state index contributed by atoms with van der Waals surface area (Å²) in [6.07, 6.45) is 6.07. The van der Waals surface area contributed by atoms with E-state index in [2.05, 4.69) is 0 Å². The maximum Gasteiger partial charge on any atom is 3.00 e. The van der Waals surface area contributed by atoms with Crippen LogP contribution in [0.5, 0.6) is 0 Å². The van der Waals surface area contributed by atoms with Crippen molar-refractivity contribution in [2.45, 2.75) is 65.2 Å². The standard InChI is InChI=1S/2C6H12O2.ClH.V/c2*1-2-3-4-5-6(7)8;;/h2*2-5H2,1H3,(H,7,8);1H;/q;;;+3/p-3. The zero-order valence-corrected chi connectivity index (χ0v) is 13.3. The van der Waals surface area contributed by atoms with Crippen LogP contribution in [0.15, 0.2) is 0 Å². The number of hydrogen-bond donors (Lipinski definition) is 0. The van der Waals surface area contributed by atoms with Gasteiger partial charge in [0.25, 0.3) is 0 Å². The van der Waals surface area contributed by atoms with Crippen LogP contribution < -0.4 is 22.6 Å². The molecule has 0 rings (SSSR count). The average molecular weight is 317 g/mol. The van der Waals surface area contributed by atoms with Gasteiger partial charge < -0.3 is 32.2 Å². The largest absolute Gasteiger partial charge is 3.00 e. The molecule has 0 saturated heterocycles. The van der Waals surface area contributed by atoms with Gasteiger partial charge in [0.15, 0.2) is 0 Å². The van der Waals surface area contributed by atoms with Crippen LogP contribution in [-0.2, 0) is 28.1 Å². The Labute approximate surface area is 128 Å². The summed E-state index contributed by atoms with van der Waals surface area (Å²) in [6, 6.07) is 0. The van der Waals surface area contributed by atoms with Crippen LogP contribution in [0.1, 0.15) is 65.2 Å². The third-order valence-corrected chi connectivity index (χ3v) is 1.97. The molecule has 6 heteroatoms. The van der Waals surface area contributed by atoms with Crippen LogP contribution in [0.25, 0.3) is 0 Å². The zero-order valence-electron chi connectivity index (χ0n) is 11.1. The third kappa shape index (κ3) is 36.0. The molecule has 0 aliphatic carbocycles. The zero-order chi connectivity index (χ0) is 12.8. The van der Waals surface area contributed by atoms with E-state index in [-0.39, 0.29) is 43.8 Å². The van der Waals surface area contributed by atoms with Gasteiger partial charge in [-0.05, 0) is 25.7 Å². The minimum atomic E-state index is -0.932. The summed E-state index contributed by atoms with van der Waals surface area (Å²) < 4.78 is 0.